The molecule has 1 heterocycles. The van der Waals surface area contributed by atoms with Gasteiger partial charge in [-0.1, -0.05) is 6.07 Å². The number of hydrogen-bond donors (Lipinski definition) is 1. The lowest BCUT2D eigenvalue weighted by Crippen LogP contribution is -1.96. The summed E-state index contributed by atoms with van der Waals surface area (Å²) in [6, 6.07) is 8.10. The van der Waals surface area contributed by atoms with Gasteiger partial charge in [-0.2, -0.15) is 0 Å². The van der Waals surface area contributed by atoms with Crippen LogP contribution < -0.4 is 10.5 Å². The van der Waals surface area contributed by atoms with Crippen molar-refractivity contribution in [3.05, 3.63) is 47.2 Å². The van der Waals surface area contributed by atoms with Crippen molar-refractivity contribution in [1.29, 1.82) is 0 Å². The SMILES string of the molecule is Cc1cnc(Oc2ccc3c(c2)CCC3)c(N)c1. The molecule has 0 spiro atoms. The Bertz CT molecular complexity index is 593. The Morgan fingerprint density at radius 1 is 1.17 bits per heavy atom. The van der Waals surface area contributed by atoms with E-state index in [4.69, 9.17) is 10.5 Å². The molecule has 0 fully saturated rings. The monoisotopic (exact) mass is 240 g/mol. The number of nitrogen functional groups attached to an aromatic ring is 1. The molecule has 0 amide bonds. The first kappa shape index (κ1) is 11.1. The van der Waals surface area contributed by atoms with Gasteiger partial charge in [0.05, 0.1) is 5.69 Å². The average Bonchev–Trinajstić information content (AvgIpc) is 2.80. The summed E-state index contributed by atoms with van der Waals surface area (Å²) in [6.45, 7) is 1.96. The number of aryl methyl sites for hydroxylation is 3. The Kier molecular flexibility index (Phi) is 2.67. The number of aromatic nitrogens is 1. The predicted molar refractivity (Wildman–Crippen MR) is 71.9 cm³/mol. The maximum absolute atomic E-state index is 5.89. The predicted octanol–water partition coefficient (Wildman–Crippen LogP) is 3.25. The molecule has 18 heavy (non-hydrogen) atoms. The van der Waals surface area contributed by atoms with Gasteiger partial charge >= 0.3 is 0 Å². The van der Waals surface area contributed by atoms with Gasteiger partial charge in [0.25, 0.3) is 0 Å². The minimum Gasteiger partial charge on any atom is -0.437 e. The van der Waals surface area contributed by atoms with E-state index < -0.39 is 0 Å². The summed E-state index contributed by atoms with van der Waals surface area (Å²) in [7, 11) is 0. The van der Waals surface area contributed by atoms with Crippen LogP contribution in [0.25, 0.3) is 0 Å². The van der Waals surface area contributed by atoms with Gasteiger partial charge in [-0.25, -0.2) is 4.98 Å². The molecule has 2 N–H and O–H groups in total. The van der Waals surface area contributed by atoms with Gasteiger partial charge in [-0.05, 0) is 61.1 Å². The summed E-state index contributed by atoms with van der Waals surface area (Å²) in [5, 5.41) is 0. The first-order valence-electron chi connectivity index (χ1n) is 6.24. The first-order valence-corrected chi connectivity index (χ1v) is 6.24. The molecule has 3 heteroatoms. The Hall–Kier alpha value is -2.03. The number of ether oxygens (including phenoxy) is 1. The molecule has 0 bridgehead atoms. The van der Waals surface area contributed by atoms with E-state index in [0.717, 1.165) is 17.7 Å². The molecule has 0 atom stereocenters. The zero-order valence-corrected chi connectivity index (χ0v) is 10.4. The molecule has 3 rings (SSSR count). The normalized spacial score (nSPS) is 13.4. The van der Waals surface area contributed by atoms with Crippen molar-refractivity contribution in [2.24, 2.45) is 0 Å². The first-order chi connectivity index (χ1) is 8.72. The van der Waals surface area contributed by atoms with Crippen LogP contribution >= 0.6 is 0 Å². The number of rotatable bonds is 2. The van der Waals surface area contributed by atoms with Crippen molar-refractivity contribution in [3.8, 4) is 11.6 Å². The average molecular weight is 240 g/mol. The minimum absolute atomic E-state index is 0.485. The number of anilines is 1. The highest BCUT2D eigenvalue weighted by molar-refractivity contribution is 5.51. The van der Waals surface area contributed by atoms with Gasteiger partial charge in [-0.15, -0.1) is 0 Å². The van der Waals surface area contributed by atoms with Crippen LogP contribution in [0, 0.1) is 6.92 Å². The fourth-order valence-electron chi connectivity index (χ4n) is 2.39. The number of fused-ring (bicyclic) bond motifs is 1. The number of nitrogens with zero attached hydrogens (tertiary/aromatic N) is 1. The second kappa shape index (κ2) is 4.33. The van der Waals surface area contributed by atoms with Crippen molar-refractivity contribution in [2.45, 2.75) is 26.2 Å². The quantitative estimate of drug-likeness (QED) is 0.876. The molecule has 0 saturated carbocycles. The van der Waals surface area contributed by atoms with E-state index in [-0.39, 0.29) is 0 Å². The van der Waals surface area contributed by atoms with Crippen molar-refractivity contribution < 1.29 is 4.74 Å². The summed E-state index contributed by atoms with van der Waals surface area (Å²) in [5.41, 5.74) is 10.3. The largest absolute Gasteiger partial charge is 0.437 e. The lowest BCUT2D eigenvalue weighted by atomic mass is 10.1. The van der Waals surface area contributed by atoms with Gasteiger partial charge in [0.1, 0.15) is 5.75 Å². The summed E-state index contributed by atoms with van der Waals surface area (Å²) >= 11 is 0. The smallest absolute Gasteiger partial charge is 0.242 e. The van der Waals surface area contributed by atoms with Crippen molar-refractivity contribution >= 4 is 5.69 Å². The van der Waals surface area contributed by atoms with E-state index in [2.05, 4.69) is 17.1 Å². The van der Waals surface area contributed by atoms with Crippen LogP contribution in [0.5, 0.6) is 11.6 Å². The molecule has 3 nitrogen and oxygen atoms in total. The van der Waals surface area contributed by atoms with Crippen LogP contribution in [0.4, 0.5) is 5.69 Å². The molecular formula is C15H16N2O. The van der Waals surface area contributed by atoms with Gasteiger partial charge in [0, 0.05) is 6.20 Å². The zero-order chi connectivity index (χ0) is 12.5. The minimum atomic E-state index is 0.485. The highest BCUT2D eigenvalue weighted by atomic mass is 16.5. The van der Waals surface area contributed by atoms with E-state index >= 15 is 0 Å². The fraction of sp³-hybridized carbons (Fsp3) is 0.267. The maximum Gasteiger partial charge on any atom is 0.242 e. The van der Waals surface area contributed by atoms with Gasteiger partial charge in [0.15, 0.2) is 0 Å². The van der Waals surface area contributed by atoms with Crippen LogP contribution in [-0.2, 0) is 12.8 Å². The van der Waals surface area contributed by atoms with E-state index in [1.807, 2.05) is 19.1 Å². The molecular weight excluding hydrogens is 224 g/mol. The summed E-state index contributed by atoms with van der Waals surface area (Å²) < 4.78 is 5.75. The number of hydrogen-bond acceptors (Lipinski definition) is 3. The molecule has 0 unspecified atom stereocenters. The Morgan fingerprint density at radius 3 is 2.83 bits per heavy atom. The van der Waals surface area contributed by atoms with E-state index in [0.29, 0.717) is 11.6 Å². The lowest BCUT2D eigenvalue weighted by molar-refractivity contribution is 0.465. The molecule has 1 aliphatic carbocycles. The third kappa shape index (κ3) is 2.04. The molecule has 1 aromatic carbocycles. The Balaban J connectivity index is 1.88. The Labute approximate surface area is 107 Å². The summed E-state index contributed by atoms with van der Waals surface area (Å²) in [5.74, 6) is 1.30. The van der Waals surface area contributed by atoms with E-state index in [1.165, 1.54) is 24.0 Å². The highest BCUT2D eigenvalue weighted by Gasteiger charge is 2.12. The molecule has 2 aromatic rings. The molecule has 1 aromatic heterocycles. The van der Waals surface area contributed by atoms with Crippen LogP contribution in [0.3, 0.4) is 0 Å². The molecule has 0 saturated heterocycles. The van der Waals surface area contributed by atoms with Gasteiger partial charge < -0.3 is 10.5 Å². The molecule has 1 aliphatic rings. The summed E-state index contributed by atoms with van der Waals surface area (Å²) in [4.78, 5) is 4.22. The number of pyridine rings is 1. The van der Waals surface area contributed by atoms with Crippen LogP contribution in [0.15, 0.2) is 30.5 Å². The van der Waals surface area contributed by atoms with Crippen LogP contribution in [0.2, 0.25) is 0 Å². The number of nitrogens with two attached hydrogens (primary N) is 1. The lowest BCUT2D eigenvalue weighted by Gasteiger charge is -2.09. The van der Waals surface area contributed by atoms with Crippen molar-refractivity contribution in [2.75, 3.05) is 5.73 Å². The molecule has 92 valence electrons. The van der Waals surface area contributed by atoms with Crippen LogP contribution in [0.1, 0.15) is 23.1 Å². The van der Waals surface area contributed by atoms with Gasteiger partial charge in [0.2, 0.25) is 5.88 Å². The van der Waals surface area contributed by atoms with Crippen molar-refractivity contribution in [1.82, 2.24) is 4.98 Å². The standard InChI is InChI=1S/C15H16N2O/c1-10-7-14(16)15(17-9-10)18-13-6-5-11-3-2-4-12(11)8-13/h5-9H,2-4,16H2,1H3. The Morgan fingerprint density at radius 2 is 2.00 bits per heavy atom. The van der Waals surface area contributed by atoms with E-state index in [1.54, 1.807) is 6.20 Å². The third-order valence-corrected chi connectivity index (χ3v) is 3.30. The van der Waals surface area contributed by atoms with E-state index in [9.17, 15) is 0 Å². The van der Waals surface area contributed by atoms with Crippen molar-refractivity contribution in [3.63, 3.8) is 0 Å². The third-order valence-electron chi connectivity index (χ3n) is 3.30. The molecule has 0 radical (unpaired) electrons. The maximum atomic E-state index is 5.89. The number of benzene rings is 1. The fourth-order valence-corrected chi connectivity index (χ4v) is 2.39. The second-order valence-electron chi connectivity index (χ2n) is 4.79. The topological polar surface area (TPSA) is 48.1 Å². The second-order valence-corrected chi connectivity index (χ2v) is 4.79. The highest BCUT2D eigenvalue weighted by Crippen LogP contribution is 2.30. The molecule has 0 aliphatic heterocycles. The summed E-state index contributed by atoms with van der Waals surface area (Å²) in [6.07, 6.45) is 5.33. The van der Waals surface area contributed by atoms with Gasteiger partial charge in [-0.3, -0.25) is 0 Å². The zero-order valence-electron chi connectivity index (χ0n) is 10.4. The van der Waals surface area contributed by atoms with Crippen LogP contribution in [-0.4, -0.2) is 4.98 Å².